The summed E-state index contributed by atoms with van der Waals surface area (Å²) in [6.45, 7) is 1.91. The fourth-order valence-electron chi connectivity index (χ4n) is 2.62. The Hall–Kier alpha value is -1.22. The number of benzene rings is 1. The first kappa shape index (κ1) is 12.2. The molecule has 0 bridgehead atoms. The molecule has 3 nitrogen and oxygen atoms in total. The Bertz CT molecular complexity index is 352. The molecule has 1 saturated heterocycles. The fraction of sp³-hybridized carbons (Fsp3) is 0.571. The van der Waals surface area contributed by atoms with Crippen molar-refractivity contribution in [1.82, 2.24) is 0 Å². The summed E-state index contributed by atoms with van der Waals surface area (Å²) in [4.78, 5) is 2.48. The third-order valence-corrected chi connectivity index (χ3v) is 3.51. The van der Waals surface area contributed by atoms with E-state index in [1.165, 1.54) is 24.9 Å². The maximum atomic E-state index is 5.70. The molecule has 0 radical (unpaired) electrons. The van der Waals surface area contributed by atoms with Crippen LogP contribution < -0.4 is 15.4 Å². The van der Waals surface area contributed by atoms with Gasteiger partial charge in [-0.05, 0) is 44.4 Å². The molecule has 1 aliphatic heterocycles. The highest BCUT2D eigenvalue weighted by Crippen LogP contribution is 2.28. The Morgan fingerprint density at radius 3 is 3.06 bits per heavy atom. The summed E-state index contributed by atoms with van der Waals surface area (Å²) in [6, 6.07) is 8.93. The monoisotopic (exact) mass is 234 g/mol. The lowest BCUT2D eigenvalue weighted by atomic mass is 9.98. The molecule has 94 valence electrons. The molecular formula is C14H22N2O. The van der Waals surface area contributed by atoms with Crippen molar-refractivity contribution in [3.05, 3.63) is 24.3 Å². The molecule has 3 heteroatoms. The van der Waals surface area contributed by atoms with Gasteiger partial charge in [0.25, 0.3) is 0 Å². The van der Waals surface area contributed by atoms with Crippen molar-refractivity contribution in [3.63, 3.8) is 0 Å². The summed E-state index contributed by atoms with van der Waals surface area (Å²) >= 11 is 0. The molecule has 1 aliphatic rings. The van der Waals surface area contributed by atoms with E-state index in [9.17, 15) is 0 Å². The standard InChI is InChI=1S/C14H22N2O/c1-17-14-7-4-6-13(11-14)16-10-3-2-5-12(16)8-9-15/h4,6-7,11-12H,2-3,5,8-10,15H2,1H3. The summed E-state index contributed by atoms with van der Waals surface area (Å²) in [5.41, 5.74) is 6.97. The van der Waals surface area contributed by atoms with Gasteiger partial charge < -0.3 is 15.4 Å². The van der Waals surface area contributed by atoms with Crippen LogP contribution in [-0.4, -0.2) is 26.2 Å². The molecule has 1 aromatic carbocycles. The topological polar surface area (TPSA) is 38.5 Å². The molecule has 1 aromatic rings. The third-order valence-electron chi connectivity index (χ3n) is 3.51. The summed E-state index contributed by atoms with van der Waals surface area (Å²) in [5.74, 6) is 0.930. The van der Waals surface area contributed by atoms with E-state index >= 15 is 0 Å². The molecule has 1 unspecified atom stereocenters. The van der Waals surface area contributed by atoms with Crippen molar-refractivity contribution in [3.8, 4) is 5.75 Å². The van der Waals surface area contributed by atoms with Gasteiger partial charge in [0.05, 0.1) is 7.11 Å². The summed E-state index contributed by atoms with van der Waals surface area (Å²) < 4.78 is 5.29. The zero-order valence-corrected chi connectivity index (χ0v) is 10.6. The largest absolute Gasteiger partial charge is 0.497 e. The minimum absolute atomic E-state index is 0.598. The van der Waals surface area contributed by atoms with E-state index in [1.54, 1.807) is 7.11 Å². The van der Waals surface area contributed by atoms with E-state index in [-0.39, 0.29) is 0 Å². The predicted octanol–water partition coefficient (Wildman–Crippen LogP) is 2.40. The summed E-state index contributed by atoms with van der Waals surface area (Å²) in [5, 5.41) is 0. The molecule has 1 heterocycles. The Kier molecular flexibility index (Phi) is 4.26. The van der Waals surface area contributed by atoms with E-state index in [0.29, 0.717) is 6.04 Å². The zero-order chi connectivity index (χ0) is 12.1. The van der Waals surface area contributed by atoms with Crippen molar-refractivity contribution >= 4 is 5.69 Å². The van der Waals surface area contributed by atoms with Gasteiger partial charge in [0.1, 0.15) is 5.75 Å². The first-order chi connectivity index (χ1) is 8.35. The number of methoxy groups -OCH3 is 1. The molecule has 0 amide bonds. The number of nitrogens with two attached hydrogens (primary N) is 1. The molecule has 17 heavy (non-hydrogen) atoms. The van der Waals surface area contributed by atoms with Gasteiger partial charge in [-0.1, -0.05) is 6.07 Å². The zero-order valence-electron chi connectivity index (χ0n) is 10.6. The van der Waals surface area contributed by atoms with Crippen LogP contribution >= 0.6 is 0 Å². The van der Waals surface area contributed by atoms with Crippen LogP contribution in [0.1, 0.15) is 25.7 Å². The van der Waals surface area contributed by atoms with Crippen LogP contribution in [0.5, 0.6) is 5.75 Å². The number of ether oxygens (including phenoxy) is 1. The Labute approximate surface area is 104 Å². The number of hydrogen-bond donors (Lipinski definition) is 1. The highest BCUT2D eigenvalue weighted by atomic mass is 16.5. The Morgan fingerprint density at radius 2 is 2.29 bits per heavy atom. The van der Waals surface area contributed by atoms with Gasteiger partial charge in [0, 0.05) is 24.3 Å². The van der Waals surface area contributed by atoms with Crippen LogP contribution in [0.4, 0.5) is 5.69 Å². The highest BCUT2D eigenvalue weighted by Gasteiger charge is 2.21. The first-order valence-electron chi connectivity index (χ1n) is 6.46. The van der Waals surface area contributed by atoms with Crippen molar-refractivity contribution in [2.75, 3.05) is 25.1 Å². The lowest BCUT2D eigenvalue weighted by Gasteiger charge is -2.37. The second kappa shape index (κ2) is 5.92. The van der Waals surface area contributed by atoms with Crippen molar-refractivity contribution in [2.45, 2.75) is 31.7 Å². The minimum Gasteiger partial charge on any atom is -0.497 e. The van der Waals surface area contributed by atoms with Crippen LogP contribution in [0.25, 0.3) is 0 Å². The quantitative estimate of drug-likeness (QED) is 0.869. The highest BCUT2D eigenvalue weighted by molar-refractivity contribution is 5.51. The molecule has 0 spiro atoms. The smallest absolute Gasteiger partial charge is 0.120 e. The summed E-state index contributed by atoms with van der Waals surface area (Å²) in [7, 11) is 1.71. The molecule has 1 fully saturated rings. The Morgan fingerprint density at radius 1 is 1.41 bits per heavy atom. The van der Waals surface area contributed by atoms with Crippen LogP contribution in [0.2, 0.25) is 0 Å². The lowest BCUT2D eigenvalue weighted by molar-refractivity contribution is 0.412. The SMILES string of the molecule is COc1cccc(N2CCCCC2CCN)c1. The van der Waals surface area contributed by atoms with Gasteiger partial charge in [-0.15, -0.1) is 0 Å². The second-order valence-corrected chi connectivity index (χ2v) is 4.62. The predicted molar refractivity (Wildman–Crippen MR) is 71.7 cm³/mol. The lowest BCUT2D eigenvalue weighted by Crippen LogP contribution is -2.40. The normalized spacial score (nSPS) is 20.4. The molecule has 0 aliphatic carbocycles. The van der Waals surface area contributed by atoms with Crippen molar-refractivity contribution in [2.24, 2.45) is 5.73 Å². The molecule has 1 atom stereocenters. The molecular weight excluding hydrogens is 212 g/mol. The van der Waals surface area contributed by atoms with Crippen LogP contribution in [0.15, 0.2) is 24.3 Å². The number of anilines is 1. The maximum absolute atomic E-state index is 5.70. The second-order valence-electron chi connectivity index (χ2n) is 4.62. The van der Waals surface area contributed by atoms with E-state index in [1.807, 2.05) is 6.07 Å². The average Bonchev–Trinajstić information content (AvgIpc) is 2.40. The van der Waals surface area contributed by atoms with Crippen molar-refractivity contribution < 1.29 is 4.74 Å². The van der Waals surface area contributed by atoms with Crippen LogP contribution in [0, 0.1) is 0 Å². The van der Waals surface area contributed by atoms with Gasteiger partial charge in [-0.2, -0.15) is 0 Å². The number of rotatable bonds is 4. The van der Waals surface area contributed by atoms with Gasteiger partial charge >= 0.3 is 0 Å². The van der Waals surface area contributed by atoms with Crippen LogP contribution in [0.3, 0.4) is 0 Å². The summed E-state index contributed by atoms with van der Waals surface area (Å²) in [6.07, 6.45) is 4.94. The van der Waals surface area contributed by atoms with E-state index in [4.69, 9.17) is 10.5 Å². The van der Waals surface area contributed by atoms with Crippen molar-refractivity contribution in [1.29, 1.82) is 0 Å². The van der Waals surface area contributed by atoms with Crippen LogP contribution in [-0.2, 0) is 0 Å². The molecule has 0 aromatic heterocycles. The van der Waals surface area contributed by atoms with E-state index in [2.05, 4.69) is 23.1 Å². The number of piperidine rings is 1. The van der Waals surface area contributed by atoms with Gasteiger partial charge in [0.15, 0.2) is 0 Å². The maximum Gasteiger partial charge on any atom is 0.120 e. The number of nitrogens with zero attached hydrogens (tertiary/aromatic N) is 1. The molecule has 0 saturated carbocycles. The minimum atomic E-state index is 0.598. The Balaban J connectivity index is 2.16. The first-order valence-corrected chi connectivity index (χ1v) is 6.46. The third kappa shape index (κ3) is 2.91. The van der Waals surface area contributed by atoms with Gasteiger partial charge in [0.2, 0.25) is 0 Å². The average molecular weight is 234 g/mol. The van der Waals surface area contributed by atoms with Gasteiger partial charge in [-0.25, -0.2) is 0 Å². The molecule has 2 rings (SSSR count). The fourth-order valence-corrected chi connectivity index (χ4v) is 2.62. The van der Waals surface area contributed by atoms with Gasteiger partial charge in [-0.3, -0.25) is 0 Å². The number of hydrogen-bond acceptors (Lipinski definition) is 3. The molecule has 2 N–H and O–H groups in total. The van der Waals surface area contributed by atoms with E-state index < -0.39 is 0 Å². The van der Waals surface area contributed by atoms with E-state index in [0.717, 1.165) is 25.3 Å².